The summed E-state index contributed by atoms with van der Waals surface area (Å²) >= 11 is 1.74. The number of aryl methyl sites for hydroxylation is 5. The Morgan fingerprint density at radius 2 is 1.81 bits per heavy atom. The van der Waals surface area contributed by atoms with Crippen molar-refractivity contribution in [2.24, 2.45) is 0 Å². The summed E-state index contributed by atoms with van der Waals surface area (Å²) in [6.45, 7) is 9.89. The monoisotopic (exact) mass is 367 g/mol. The summed E-state index contributed by atoms with van der Waals surface area (Å²) in [6.07, 6.45) is 2.08. The molecule has 0 unspecified atom stereocenters. The predicted molar refractivity (Wildman–Crippen MR) is 103 cm³/mol. The fourth-order valence-corrected chi connectivity index (χ4v) is 3.89. The minimum absolute atomic E-state index is 0.691. The summed E-state index contributed by atoms with van der Waals surface area (Å²) in [6, 6.07) is 6.47. The predicted octanol–water partition coefficient (Wildman–Crippen LogP) is 4.44. The van der Waals surface area contributed by atoms with E-state index in [1.807, 2.05) is 36.9 Å². The summed E-state index contributed by atoms with van der Waals surface area (Å²) in [7, 11) is 0. The third-order valence-electron chi connectivity index (χ3n) is 4.56. The van der Waals surface area contributed by atoms with Crippen LogP contribution in [0.2, 0.25) is 0 Å². The maximum Gasteiger partial charge on any atom is 0.249 e. The molecule has 1 aromatic carbocycles. The largest absolute Gasteiger partial charge is 0.439 e. The normalized spacial score (nSPS) is 11.6. The molecular weight excluding hydrogens is 346 g/mol. The average molecular weight is 367 g/mol. The van der Waals surface area contributed by atoms with Crippen molar-refractivity contribution in [3.8, 4) is 16.9 Å². The number of hydrogen-bond donors (Lipinski definition) is 0. The standard InChI is InChI=1S/C19H21N5OS/c1-10-9-15(26-6)7-8-16(10)18-12(3)25-19-17(11(2)21-24(18)19)23-14(5)20-13(4)22-23/h7-9H,1-6H3. The Labute approximate surface area is 156 Å². The lowest BCUT2D eigenvalue weighted by Gasteiger charge is -2.06. The van der Waals surface area contributed by atoms with Crippen LogP contribution in [0, 0.1) is 34.6 Å². The Morgan fingerprint density at radius 3 is 2.42 bits per heavy atom. The molecule has 0 fully saturated rings. The van der Waals surface area contributed by atoms with Gasteiger partial charge >= 0.3 is 0 Å². The van der Waals surface area contributed by atoms with Crippen LogP contribution in [0.3, 0.4) is 0 Å². The Hall–Kier alpha value is -2.54. The molecule has 0 spiro atoms. The van der Waals surface area contributed by atoms with Gasteiger partial charge in [-0.2, -0.15) is 14.7 Å². The maximum atomic E-state index is 6.14. The highest BCUT2D eigenvalue weighted by Crippen LogP contribution is 2.34. The van der Waals surface area contributed by atoms with Gasteiger partial charge in [0.15, 0.2) is 5.69 Å². The minimum Gasteiger partial charge on any atom is -0.439 e. The Kier molecular flexibility index (Phi) is 3.91. The number of oxazole rings is 1. The first-order valence-corrected chi connectivity index (χ1v) is 9.67. The van der Waals surface area contributed by atoms with Crippen molar-refractivity contribution in [2.75, 3.05) is 6.26 Å². The summed E-state index contributed by atoms with van der Waals surface area (Å²) in [5.74, 6) is 2.38. The van der Waals surface area contributed by atoms with Crippen LogP contribution >= 0.6 is 11.8 Å². The van der Waals surface area contributed by atoms with Crippen molar-refractivity contribution in [3.05, 3.63) is 46.9 Å². The van der Waals surface area contributed by atoms with Crippen LogP contribution in [0.1, 0.15) is 28.7 Å². The van der Waals surface area contributed by atoms with Crippen LogP contribution in [0.4, 0.5) is 0 Å². The first-order chi connectivity index (χ1) is 12.4. The van der Waals surface area contributed by atoms with Crippen LogP contribution in [0.25, 0.3) is 22.7 Å². The quantitative estimate of drug-likeness (QED) is 0.501. The summed E-state index contributed by atoms with van der Waals surface area (Å²) in [4.78, 5) is 5.65. The Balaban J connectivity index is 1.98. The molecule has 0 aliphatic rings. The number of hydrogen-bond acceptors (Lipinski definition) is 5. The van der Waals surface area contributed by atoms with Crippen LogP contribution in [-0.4, -0.2) is 30.6 Å². The van der Waals surface area contributed by atoms with E-state index in [0.717, 1.165) is 40.0 Å². The molecule has 0 aliphatic carbocycles. The summed E-state index contributed by atoms with van der Waals surface area (Å²) in [5, 5.41) is 9.25. The molecule has 7 heteroatoms. The van der Waals surface area contributed by atoms with Crippen molar-refractivity contribution < 1.29 is 4.42 Å². The lowest BCUT2D eigenvalue weighted by molar-refractivity contribution is 0.569. The first kappa shape index (κ1) is 16.9. The van der Waals surface area contributed by atoms with E-state index >= 15 is 0 Å². The van der Waals surface area contributed by atoms with Crippen molar-refractivity contribution in [1.82, 2.24) is 24.4 Å². The molecule has 0 atom stereocenters. The highest BCUT2D eigenvalue weighted by Gasteiger charge is 2.24. The number of rotatable bonds is 3. The molecule has 0 radical (unpaired) electrons. The second-order valence-electron chi connectivity index (χ2n) is 6.46. The third-order valence-corrected chi connectivity index (χ3v) is 5.28. The molecule has 0 aliphatic heterocycles. The molecule has 0 saturated heterocycles. The maximum absolute atomic E-state index is 6.14. The molecule has 4 aromatic rings. The van der Waals surface area contributed by atoms with Gasteiger partial charge in [0.05, 0.1) is 5.69 Å². The zero-order valence-corrected chi connectivity index (χ0v) is 16.6. The third kappa shape index (κ3) is 2.46. The van der Waals surface area contributed by atoms with Crippen LogP contribution < -0.4 is 0 Å². The van der Waals surface area contributed by atoms with Crippen LogP contribution in [-0.2, 0) is 0 Å². The van der Waals surface area contributed by atoms with Crippen LogP contribution in [0.15, 0.2) is 27.5 Å². The Morgan fingerprint density at radius 1 is 1.04 bits per heavy atom. The molecule has 0 saturated carbocycles. The Bertz CT molecular complexity index is 1130. The lowest BCUT2D eigenvalue weighted by atomic mass is 10.1. The molecular formula is C19H21N5OS. The van der Waals surface area contributed by atoms with E-state index in [4.69, 9.17) is 9.52 Å². The highest BCUT2D eigenvalue weighted by molar-refractivity contribution is 7.98. The highest BCUT2D eigenvalue weighted by atomic mass is 32.2. The number of nitrogens with zero attached hydrogens (tertiary/aromatic N) is 5. The molecule has 134 valence electrons. The zero-order chi connectivity index (χ0) is 18.6. The zero-order valence-electron chi connectivity index (χ0n) is 15.8. The molecule has 3 aromatic heterocycles. The van der Waals surface area contributed by atoms with Gasteiger partial charge < -0.3 is 4.42 Å². The van der Waals surface area contributed by atoms with Gasteiger partial charge in [-0.15, -0.1) is 11.8 Å². The van der Waals surface area contributed by atoms with Gasteiger partial charge in [-0.3, -0.25) is 0 Å². The summed E-state index contributed by atoms with van der Waals surface area (Å²) < 4.78 is 9.84. The van der Waals surface area contributed by atoms with E-state index in [9.17, 15) is 0 Å². The van der Waals surface area contributed by atoms with Crippen molar-refractivity contribution >= 4 is 17.5 Å². The molecule has 0 N–H and O–H groups in total. The average Bonchev–Trinajstić information content (AvgIpc) is 3.18. The number of benzene rings is 1. The first-order valence-electron chi connectivity index (χ1n) is 8.45. The number of aromatic nitrogens is 5. The van der Waals surface area contributed by atoms with E-state index in [2.05, 4.69) is 41.5 Å². The fraction of sp³-hybridized carbons (Fsp3) is 0.316. The molecule has 0 amide bonds. The van der Waals surface area contributed by atoms with Gasteiger partial charge in [-0.1, -0.05) is 6.07 Å². The molecule has 4 rings (SSSR count). The van der Waals surface area contributed by atoms with Gasteiger partial charge in [0.25, 0.3) is 0 Å². The molecule has 26 heavy (non-hydrogen) atoms. The van der Waals surface area contributed by atoms with Gasteiger partial charge in [-0.25, -0.2) is 9.67 Å². The van der Waals surface area contributed by atoms with E-state index in [1.165, 1.54) is 10.5 Å². The SMILES string of the molecule is CSc1ccc(-c2c(C)oc3c(-n4nc(C)nc4C)c(C)nn23)c(C)c1. The van der Waals surface area contributed by atoms with Crippen LogP contribution in [0.5, 0.6) is 0 Å². The lowest BCUT2D eigenvalue weighted by Crippen LogP contribution is -2.00. The minimum atomic E-state index is 0.691. The molecule has 0 bridgehead atoms. The van der Waals surface area contributed by atoms with E-state index < -0.39 is 0 Å². The van der Waals surface area contributed by atoms with E-state index in [1.54, 1.807) is 11.8 Å². The second-order valence-corrected chi connectivity index (χ2v) is 7.34. The molecule has 3 heterocycles. The van der Waals surface area contributed by atoms with Gasteiger partial charge in [-0.05, 0) is 58.6 Å². The van der Waals surface area contributed by atoms with Crippen molar-refractivity contribution in [1.29, 1.82) is 0 Å². The van der Waals surface area contributed by atoms with Gasteiger partial charge in [0, 0.05) is 10.5 Å². The van der Waals surface area contributed by atoms with Crippen molar-refractivity contribution in [2.45, 2.75) is 39.5 Å². The fourth-order valence-electron chi connectivity index (χ4n) is 3.39. The van der Waals surface area contributed by atoms with Gasteiger partial charge in [0.1, 0.15) is 23.1 Å². The van der Waals surface area contributed by atoms with E-state index in [-0.39, 0.29) is 0 Å². The topological polar surface area (TPSA) is 61.2 Å². The molecule has 6 nitrogen and oxygen atoms in total. The van der Waals surface area contributed by atoms with Gasteiger partial charge in [0.2, 0.25) is 5.71 Å². The van der Waals surface area contributed by atoms with E-state index in [0.29, 0.717) is 5.71 Å². The number of thioether (sulfide) groups is 1. The number of fused-ring (bicyclic) bond motifs is 1. The second kappa shape index (κ2) is 6.02. The van der Waals surface area contributed by atoms with Crippen molar-refractivity contribution in [3.63, 3.8) is 0 Å². The summed E-state index contributed by atoms with van der Waals surface area (Å²) in [5.41, 5.74) is 5.70. The smallest absolute Gasteiger partial charge is 0.249 e.